The Kier molecular flexibility index (Phi) is 3.70. The Balaban J connectivity index is 2.18. The van der Waals surface area contributed by atoms with E-state index >= 15 is 0 Å². The Bertz CT molecular complexity index is 634. The highest BCUT2D eigenvalue weighted by molar-refractivity contribution is 5.84. The summed E-state index contributed by atoms with van der Waals surface area (Å²) in [5.41, 5.74) is 4.24. The Labute approximate surface area is 119 Å². The number of fused-ring (bicyclic) bond motifs is 2. The molecule has 0 unspecified atom stereocenters. The van der Waals surface area contributed by atoms with Gasteiger partial charge in [0.2, 0.25) is 0 Å². The van der Waals surface area contributed by atoms with Gasteiger partial charge in [0.25, 0.3) is 0 Å². The van der Waals surface area contributed by atoms with Gasteiger partial charge in [-0.3, -0.25) is 0 Å². The topological polar surface area (TPSA) is 24.9 Å². The summed E-state index contributed by atoms with van der Waals surface area (Å²) in [6.45, 7) is 5.06. The van der Waals surface area contributed by atoms with Crippen molar-refractivity contribution in [3.63, 3.8) is 0 Å². The maximum absolute atomic E-state index is 14.1. The largest absolute Gasteiger partial charge is 0.310 e. The molecule has 0 saturated heterocycles. The molecule has 2 aromatic rings. The molecular weight excluding hydrogens is 251 g/mol. The zero-order valence-corrected chi connectivity index (χ0v) is 12.2. The quantitative estimate of drug-likeness (QED) is 0.920. The first-order valence-electron chi connectivity index (χ1n) is 7.49. The number of pyridine rings is 1. The predicted octanol–water partition coefficient (Wildman–Crippen LogP) is 3.75. The van der Waals surface area contributed by atoms with Crippen molar-refractivity contribution in [1.82, 2.24) is 10.3 Å². The van der Waals surface area contributed by atoms with Gasteiger partial charge >= 0.3 is 0 Å². The summed E-state index contributed by atoms with van der Waals surface area (Å²) in [7, 11) is 0. The van der Waals surface area contributed by atoms with E-state index in [1.807, 2.05) is 6.07 Å². The molecule has 3 rings (SSSR count). The second-order valence-corrected chi connectivity index (χ2v) is 5.89. The van der Waals surface area contributed by atoms with Crippen LogP contribution in [-0.2, 0) is 19.4 Å². The number of benzene rings is 1. The third kappa shape index (κ3) is 2.42. The fraction of sp³-hybridized carbons (Fsp3) is 0.471. The van der Waals surface area contributed by atoms with Crippen molar-refractivity contribution in [2.75, 3.05) is 0 Å². The van der Waals surface area contributed by atoms with Gasteiger partial charge in [0, 0.05) is 23.7 Å². The van der Waals surface area contributed by atoms with Crippen molar-refractivity contribution in [2.24, 2.45) is 0 Å². The number of rotatable bonds is 3. The van der Waals surface area contributed by atoms with Crippen LogP contribution in [0.2, 0.25) is 0 Å². The molecule has 0 spiro atoms. The average molecular weight is 272 g/mol. The molecule has 106 valence electrons. The summed E-state index contributed by atoms with van der Waals surface area (Å²) in [5, 5.41) is 4.44. The van der Waals surface area contributed by atoms with Gasteiger partial charge in [-0.25, -0.2) is 9.37 Å². The van der Waals surface area contributed by atoms with E-state index in [0.717, 1.165) is 36.9 Å². The molecule has 0 radical (unpaired) electrons. The molecular formula is C17H21FN2. The average Bonchev–Trinajstić information content (AvgIpc) is 2.44. The highest BCUT2D eigenvalue weighted by Crippen LogP contribution is 2.30. The van der Waals surface area contributed by atoms with Crippen molar-refractivity contribution in [3.8, 4) is 0 Å². The van der Waals surface area contributed by atoms with Gasteiger partial charge in [-0.2, -0.15) is 0 Å². The summed E-state index contributed by atoms with van der Waals surface area (Å²) < 4.78 is 14.1. The second kappa shape index (κ2) is 5.49. The smallest absolute Gasteiger partial charge is 0.149 e. The van der Waals surface area contributed by atoms with Crippen LogP contribution in [0.25, 0.3) is 10.9 Å². The molecule has 1 heterocycles. The normalized spacial score (nSPS) is 14.8. The predicted molar refractivity (Wildman–Crippen MR) is 80.3 cm³/mol. The number of para-hydroxylation sites is 1. The number of nitrogens with one attached hydrogen (secondary N) is 1. The molecule has 1 aromatic heterocycles. The van der Waals surface area contributed by atoms with Crippen molar-refractivity contribution in [3.05, 3.63) is 40.8 Å². The van der Waals surface area contributed by atoms with Crippen molar-refractivity contribution < 1.29 is 4.39 Å². The van der Waals surface area contributed by atoms with E-state index in [1.54, 1.807) is 6.07 Å². The molecule has 0 saturated carbocycles. The van der Waals surface area contributed by atoms with Crippen molar-refractivity contribution in [2.45, 2.75) is 52.1 Å². The molecule has 1 aliphatic carbocycles. The van der Waals surface area contributed by atoms with Gasteiger partial charge in [0.05, 0.1) is 0 Å². The van der Waals surface area contributed by atoms with Gasteiger partial charge < -0.3 is 5.32 Å². The van der Waals surface area contributed by atoms with Gasteiger partial charge in [0.1, 0.15) is 11.3 Å². The first-order valence-corrected chi connectivity index (χ1v) is 7.49. The minimum atomic E-state index is -0.207. The lowest BCUT2D eigenvalue weighted by Gasteiger charge is -2.22. The number of nitrogens with zero attached hydrogens (tertiary/aromatic N) is 1. The van der Waals surface area contributed by atoms with Crippen LogP contribution in [0.4, 0.5) is 4.39 Å². The third-order valence-electron chi connectivity index (χ3n) is 4.05. The second-order valence-electron chi connectivity index (χ2n) is 5.89. The standard InChI is InChI=1S/C17H21FN2/c1-11(2)19-10-14-12-6-3-4-9-16(12)20-17-13(14)7-5-8-15(17)18/h5,7-8,11,19H,3-4,6,9-10H2,1-2H3. The molecule has 0 atom stereocenters. The van der Waals surface area contributed by atoms with E-state index < -0.39 is 0 Å². The fourth-order valence-corrected chi connectivity index (χ4v) is 3.02. The number of aromatic nitrogens is 1. The van der Waals surface area contributed by atoms with E-state index in [0.29, 0.717) is 11.6 Å². The van der Waals surface area contributed by atoms with E-state index in [4.69, 9.17) is 0 Å². The van der Waals surface area contributed by atoms with E-state index in [2.05, 4.69) is 24.1 Å². The van der Waals surface area contributed by atoms with Crippen molar-refractivity contribution >= 4 is 10.9 Å². The summed E-state index contributed by atoms with van der Waals surface area (Å²) >= 11 is 0. The van der Waals surface area contributed by atoms with Crippen LogP contribution in [-0.4, -0.2) is 11.0 Å². The lowest BCUT2D eigenvalue weighted by molar-refractivity contribution is 0.580. The van der Waals surface area contributed by atoms with Crippen LogP contribution in [0.1, 0.15) is 43.5 Å². The summed E-state index contributed by atoms with van der Waals surface area (Å²) in [6.07, 6.45) is 4.43. The van der Waals surface area contributed by atoms with E-state index in [9.17, 15) is 4.39 Å². The van der Waals surface area contributed by atoms with E-state index in [1.165, 1.54) is 23.6 Å². The molecule has 2 nitrogen and oxygen atoms in total. The summed E-state index contributed by atoms with van der Waals surface area (Å²) in [5.74, 6) is -0.207. The minimum Gasteiger partial charge on any atom is -0.310 e. The Morgan fingerprint density at radius 1 is 1.25 bits per heavy atom. The fourth-order valence-electron chi connectivity index (χ4n) is 3.02. The van der Waals surface area contributed by atoms with Gasteiger partial charge in [-0.15, -0.1) is 0 Å². The highest BCUT2D eigenvalue weighted by Gasteiger charge is 2.19. The van der Waals surface area contributed by atoms with Crippen LogP contribution < -0.4 is 5.32 Å². The van der Waals surface area contributed by atoms with Gasteiger partial charge in [-0.05, 0) is 42.9 Å². The van der Waals surface area contributed by atoms with E-state index in [-0.39, 0.29) is 5.82 Å². The van der Waals surface area contributed by atoms with Gasteiger partial charge in [-0.1, -0.05) is 26.0 Å². The molecule has 1 aliphatic rings. The zero-order valence-electron chi connectivity index (χ0n) is 12.2. The first-order chi connectivity index (χ1) is 9.66. The van der Waals surface area contributed by atoms with Crippen LogP contribution in [0.3, 0.4) is 0 Å². The molecule has 0 amide bonds. The SMILES string of the molecule is CC(C)NCc1c2c(nc3c(F)cccc13)CCCC2. The zero-order chi connectivity index (χ0) is 14.1. The molecule has 20 heavy (non-hydrogen) atoms. The van der Waals surface area contributed by atoms with Crippen LogP contribution in [0.5, 0.6) is 0 Å². The Morgan fingerprint density at radius 3 is 2.85 bits per heavy atom. The maximum Gasteiger partial charge on any atom is 0.149 e. The summed E-state index contributed by atoms with van der Waals surface area (Å²) in [4.78, 5) is 4.60. The monoisotopic (exact) mass is 272 g/mol. The first kappa shape index (κ1) is 13.5. The van der Waals surface area contributed by atoms with Crippen molar-refractivity contribution in [1.29, 1.82) is 0 Å². The molecule has 1 N–H and O–H groups in total. The molecule has 1 aromatic carbocycles. The number of halogens is 1. The maximum atomic E-state index is 14.1. The minimum absolute atomic E-state index is 0.207. The number of aryl methyl sites for hydroxylation is 1. The highest BCUT2D eigenvalue weighted by atomic mass is 19.1. The lowest BCUT2D eigenvalue weighted by atomic mass is 9.89. The molecule has 3 heteroatoms. The Morgan fingerprint density at radius 2 is 2.05 bits per heavy atom. The lowest BCUT2D eigenvalue weighted by Crippen LogP contribution is -2.24. The van der Waals surface area contributed by atoms with Gasteiger partial charge in [0.15, 0.2) is 0 Å². The number of hydrogen-bond donors (Lipinski definition) is 1. The number of hydrogen-bond acceptors (Lipinski definition) is 2. The van der Waals surface area contributed by atoms with Crippen LogP contribution in [0.15, 0.2) is 18.2 Å². The Hall–Kier alpha value is -1.48. The summed E-state index contributed by atoms with van der Waals surface area (Å²) in [6, 6.07) is 5.71. The molecule has 0 fully saturated rings. The van der Waals surface area contributed by atoms with Crippen LogP contribution >= 0.6 is 0 Å². The third-order valence-corrected chi connectivity index (χ3v) is 4.05. The molecule has 0 aliphatic heterocycles. The molecule has 0 bridgehead atoms. The van der Waals surface area contributed by atoms with Crippen LogP contribution in [0, 0.1) is 5.82 Å².